The van der Waals surface area contributed by atoms with Gasteiger partial charge in [0.05, 0.1) is 0 Å². The van der Waals surface area contributed by atoms with Gasteiger partial charge in [-0.15, -0.1) is 0 Å². The molecule has 1 rings (SSSR count). The van der Waals surface area contributed by atoms with Crippen LogP contribution in [0.25, 0.3) is 0 Å². The van der Waals surface area contributed by atoms with Crippen molar-refractivity contribution < 1.29 is 24.5 Å². The number of aryl methyl sites for hydroxylation is 2. The minimum atomic E-state index is -0.706. The molecule has 0 radical (unpaired) electrons. The number of benzene rings is 1. The Kier molecular flexibility index (Phi) is 13.0. The maximum absolute atomic E-state index is 10.6. The van der Waals surface area contributed by atoms with Crippen LogP contribution < -0.4 is 4.74 Å². The zero-order chi connectivity index (χ0) is 23.1. The van der Waals surface area contributed by atoms with E-state index in [4.69, 9.17) is 14.9 Å². The van der Waals surface area contributed by atoms with Gasteiger partial charge >= 0.3 is 11.9 Å². The summed E-state index contributed by atoms with van der Waals surface area (Å²) >= 11 is 0. The maximum atomic E-state index is 10.6. The zero-order valence-electron chi connectivity index (χ0n) is 19.8. The zero-order valence-corrected chi connectivity index (χ0v) is 19.8. The number of carbonyl (C=O) groups is 2. The van der Waals surface area contributed by atoms with E-state index in [1.165, 1.54) is 11.1 Å². The first-order valence-corrected chi connectivity index (χ1v) is 11.9. The van der Waals surface area contributed by atoms with Crippen LogP contribution >= 0.6 is 0 Å². The van der Waals surface area contributed by atoms with Crippen LogP contribution in [0.3, 0.4) is 0 Å². The third kappa shape index (κ3) is 14.6. The number of carboxylic acid groups (broad SMARTS) is 2. The van der Waals surface area contributed by atoms with Gasteiger partial charge in [0.15, 0.2) is 0 Å². The monoisotopic (exact) mass is 434 g/mol. The molecule has 2 N–H and O–H groups in total. The van der Waals surface area contributed by atoms with Gasteiger partial charge in [-0.3, -0.25) is 9.59 Å². The highest BCUT2D eigenvalue weighted by Gasteiger charge is 2.13. The summed E-state index contributed by atoms with van der Waals surface area (Å²) in [4.78, 5) is 21.2. The van der Waals surface area contributed by atoms with Crippen molar-refractivity contribution in [3.8, 4) is 5.75 Å². The quantitative estimate of drug-likeness (QED) is 0.263. The first-order valence-electron chi connectivity index (χ1n) is 11.9. The summed E-state index contributed by atoms with van der Waals surface area (Å²) in [6.45, 7) is 6.17. The second-order valence-electron chi connectivity index (χ2n) is 9.47. The summed E-state index contributed by atoms with van der Waals surface area (Å²) < 4.78 is 6.06. The van der Waals surface area contributed by atoms with Crippen molar-refractivity contribution in [1.29, 1.82) is 0 Å². The molecule has 0 atom stereocenters. The summed E-state index contributed by atoms with van der Waals surface area (Å²) in [6.07, 6.45) is 12.8. The molecule has 0 aromatic heterocycles. The number of carboxylic acids is 2. The molecule has 31 heavy (non-hydrogen) atoms. The topological polar surface area (TPSA) is 83.8 Å². The minimum Gasteiger partial charge on any atom is -0.488 e. The van der Waals surface area contributed by atoms with Crippen molar-refractivity contribution in [3.05, 3.63) is 29.3 Å². The van der Waals surface area contributed by atoms with Crippen LogP contribution in [0.2, 0.25) is 0 Å². The third-order valence-corrected chi connectivity index (χ3v) is 5.28. The fourth-order valence-corrected chi connectivity index (χ4v) is 3.74. The molecule has 0 unspecified atom stereocenters. The van der Waals surface area contributed by atoms with Crippen LogP contribution in [0, 0.1) is 0 Å². The van der Waals surface area contributed by atoms with E-state index in [1.54, 1.807) is 0 Å². The van der Waals surface area contributed by atoms with Gasteiger partial charge in [-0.1, -0.05) is 44.6 Å². The fraction of sp³-hybridized carbons (Fsp3) is 0.692. The molecule has 0 spiro atoms. The van der Waals surface area contributed by atoms with E-state index in [2.05, 4.69) is 39.0 Å². The van der Waals surface area contributed by atoms with Crippen LogP contribution in [0.1, 0.15) is 109 Å². The number of aliphatic carboxylic acids is 2. The van der Waals surface area contributed by atoms with Gasteiger partial charge in [0, 0.05) is 12.8 Å². The van der Waals surface area contributed by atoms with Crippen LogP contribution in [-0.4, -0.2) is 27.8 Å². The summed E-state index contributed by atoms with van der Waals surface area (Å²) in [5.41, 5.74) is 2.52. The van der Waals surface area contributed by atoms with Gasteiger partial charge in [0.25, 0.3) is 0 Å². The number of ether oxygens (including phenoxy) is 1. The Morgan fingerprint density at radius 1 is 0.710 bits per heavy atom. The van der Waals surface area contributed by atoms with E-state index < -0.39 is 11.9 Å². The van der Waals surface area contributed by atoms with Gasteiger partial charge < -0.3 is 14.9 Å². The average molecular weight is 435 g/mol. The molecule has 0 aliphatic carbocycles. The van der Waals surface area contributed by atoms with E-state index in [0.717, 1.165) is 82.8 Å². The third-order valence-electron chi connectivity index (χ3n) is 5.28. The summed E-state index contributed by atoms with van der Waals surface area (Å²) in [5, 5.41) is 17.4. The standard InChI is InChI=1S/C26H42O5/c1-26(2,3)31-23-19-18-21(14-10-6-4-8-12-16-24(27)28)22(20-23)15-11-7-5-9-13-17-25(29)30/h18-20H,4-17H2,1-3H3,(H,27,28)(H,29,30). The molecule has 176 valence electrons. The molecule has 0 aliphatic heterocycles. The molecule has 0 amide bonds. The molecule has 1 aromatic rings. The molecular weight excluding hydrogens is 392 g/mol. The number of hydrogen-bond acceptors (Lipinski definition) is 3. The molecule has 0 aliphatic rings. The van der Waals surface area contributed by atoms with Crippen LogP contribution in [0.5, 0.6) is 5.75 Å². The van der Waals surface area contributed by atoms with Crippen molar-refractivity contribution in [1.82, 2.24) is 0 Å². The predicted octanol–water partition coefficient (Wildman–Crippen LogP) is 6.80. The van der Waals surface area contributed by atoms with Gasteiger partial charge in [-0.2, -0.15) is 0 Å². The molecule has 1 aromatic carbocycles. The van der Waals surface area contributed by atoms with Gasteiger partial charge in [0.1, 0.15) is 11.4 Å². The lowest BCUT2D eigenvalue weighted by atomic mass is 9.96. The van der Waals surface area contributed by atoms with E-state index in [9.17, 15) is 9.59 Å². The highest BCUT2D eigenvalue weighted by atomic mass is 16.5. The lowest BCUT2D eigenvalue weighted by Crippen LogP contribution is -2.23. The van der Waals surface area contributed by atoms with Crippen molar-refractivity contribution in [2.24, 2.45) is 0 Å². The normalized spacial score (nSPS) is 11.5. The van der Waals surface area contributed by atoms with E-state index in [1.807, 2.05) is 0 Å². The summed E-state index contributed by atoms with van der Waals surface area (Å²) in [7, 11) is 0. The first kappa shape index (κ1) is 27.0. The SMILES string of the molecule is CC(C)(C)Oc1ccc(CCCCCCCC(=O)O)c(CCCCCCCC(=O)O)c1. The Balaban J connectivity index is 2.51. The number of hydrogen-bond donors (Lipinski definition) is 2. The van der Waals surface area contributed by atoms with Crippen molar-refractivity contribution in [2.75, 3.05) is 0 Å². The molecule has 5 heteroatoms. The number of rotatable bonds is 17. The highest BCUT2D eigenvalue weighted by molar-refractivity contribution is 5.66. The fourth-order valence-electron chi connectivity index (χ4n) is 3.74. The Morgan fingerprint density at radius 2 is 1.16 bits per heavy atom. The largest absolute Gasteiger partial charge is 0.488 e. The van der Waals surface area contributed by atoms with Crippen molar-refractivity contribution >= 4 is 11.9 Å². The lowest BCUT2D eigenvalue weighted by molar-refractivity contribution is -0.138. The summed E-state index contributed by atoms with van der Waals surface area (Å²) in [5.74, 6) is -0.493. The Morgan fingerprint density at radius 3 is 1.65 bits per heavy atom. The Hall–Kier alpha value is -2.04. The Labute approximate surface area is 188 Å². The van der Waals surface area contributed by atoms with Crippen LogP contribution in [0.4, 0.5) is 0 Å². The molecule has 0 bridgehead atoms. The second kappa shape index (κ2) is 14.9. The smallest absolute Gasteiger partial charge is 0.303 e. The lowest BCUT2D eigenvalue weighted by Gasteiger charge is -2.22. The van der Waals surface area contributed by atoms with Crippen molar-refractivity contribution in [3.63, 3.8) is 0 Å². The average Bonchev–Trinajstić information content (AvgIpc) is 2.66. The second-order valence-corrected chi connectivity index (χ2v) is 9.47. The number of unbranched alkanes of at least 4 members (excludes halogenated alkanes) is 8. The Bertz CT molecular complexity index is 660. The van der Waals surface area contributed by atoms with E-state index in [0.29, 0.717) is 0 Å². The first-order chi connectivity index (χ1) is 14.7. The highest BCUT2D eigenvalue weighted by Crippen LogP contribution is 2.25. The maximum Gasteiger partial charge on any atom is 0.303 e. The molecule has 0 heterocycles. The van der Waals surface area contributed by atoms with E-state index >= 15 is 0 Å². The molecular formula is C26H42O5. The molecule has 5 nitrogen and oxygen atoms in total. The minimum absolute atomic E-state index is 0.223. The molecule has 0 saturated heterocycles. The van der Waals surface area contributed by atoms with Gasteiger partial charge in [0.2, 0.25) is 0 Å². The van der Waals surface area contributed by atoms with Gasteiger partial charge in [-0.25, -0.2) is 0 Å². The van der Waals surface area contributed by atoms with E-state index in [-0.39, 0.29) is 18.4 Å². The van der Waals surface area contributed by atoms with Crippen LogP contribution in [-0.2, 0) is 22.4 Å². The van der Waals surface area contributed by atoms with Crippen LogP contribution in [0.15, 0.2) is 18.2 Å². The van der Waals surface area contributed by atoms with Gasteiger partial charge in [-0.05, 0) is 82.6 Å². The molecule has 0 saturated carbocycles. The predicted molar refractivity (Wildman–Crippen MR) is 125 cm³/mol. The molecule has 0 fully saturated rings. The van der Waals surface area contributed by atoms with Crippen molar-refractivity contribution in [2.45, 2.75) is 116 Å². The summed E-state index contributed by atoms with van der Waals surface area (Å²) in [6, 6.07) is 6.47.